The number of carbonyl (C=O) groups excluding carboxylic acids is 1. The molecule has 0 aliphatic heterocycles. The first kappa shape index (κ1) is 17.5. The second-order valence-electron chi connectivity index (χ2n) is 6.11. The van der Waals surface area contributed by atoms with E-state index < -0.39 is 0 Å². The van der Waals surface area contributed by atoms with Crippen molar-refractivity contribution in [3.05, 3.63) is 83.9 Å². The van der Waals surface area contributed by atoms with Gasteiger partial charge in [-0.25, -0.2) is 0 Å². The summed E-state index contributed by atoms with van der Waals surface area (Å²) in [7, 11) is 0. The maximum atomic E-state index is 11.1. The van der Waals surface area contributed by atoms with Gasteiger partial charge in [0.2, 0.25) is 5.91 Å². The summed E-state index contributed by atoms with van der Waals surface area (Å²) in [6, 6.07) is 22.9. The molecule has 4 heteroatoms. The Morgan fingerprint density at radius 2 is 1.77 bits per heavy atom. The zero-order valence-corrected chi connectivity index (χ0v) is 14.4. The molecule has 132 valence electrons. The first-order valence-electron chi connectivity index (χ1n) is 8.49. The normalized spacial score (nSPS) is 10.5. The van der Waals surface area contributed by atoms with E-state index in [0.29, 0.717) is 13.0 Å². The summed E-state index contributed by atoms with van der Waals surface area (Å²) in [5.41, 5.74) is 9.17. The van der Waals surface area contributed by atoms with Gasteiger partial charge in [-0.1, -0.05) is 48.5 Å². The monoisotopic (exact) mass is 347 g/mol. The lowest BCUT2D eigenvalue weighted by Gasteiger charge is -2.12. The molecule has 26 heavy (non-hydrogen) atoms. The summed E-state index contributed by atoms with van der Waals surface area (Å²) in [5, 5.41) is 9.77. The van der Waals surface area contributed by atoms with E-state index in [1.54, 1.807) is 12.1 Å². The highest BCUT2D eigenvalue weighted by Gasteiger charge is 2.09. The highest BCUT2D eigenvalue weighted by molar-refractivity contribution is 5.75. The average molecular weight is 347 g/mol. The first-order valence-corrected chi connectivity index (χ1v) is 8.49. The van der Waals surface area contributed by atoms with Crippen LogP contribution in [0.1, 0.15) is 17.5 Å². The molecule has 0 spiro atoms. The van der Waals surface area contributed by atoms with Crippen molar-refractivity contribution in [2.24, 2.45) is 5.73 Å². The van der Waals surface area contributed by atoms with Gasteiger partial charge in [0.1, 0.15) is 18.1 Å². The van der Waals surface area contributed by atoms with Gasteiger partial charge >= 0.3 is 0 Å². The lowest BCUT2D eigenvalue weighted by molar-refractivity contribution is -0.117. The van der Waals surface area contributed by atoms with Crippen molar-refractivity contribution in [1.82, 2.24) is 0 Å². The molecule has 3 rings (SSSR count). The van der Waals surface area contributed by atoms with Gasteiger partial charge in [-0.3, -0.25) is 4.79 Å². The van der Waals surface area contributed by atoms with E-state index in [1.165, 1.54) is 0 Å². The third-order valence-corrected chi connectivity index (χ3v) is 4.12. The number of phenolic OH excluding ortho intramolecular Hbond substituents is 1. The van der Waals surface area contributed by atoms with Crippen LogP contribution < -0.4 is 10.5 Å². The highest BCUT2D eigenvalue weighted by Crippen LogP contribution is 2.30. The summed E-state index contributed by atoms with van der Waals surface area (Å²) in [6.07, 6.45) is 0.717. The maximum absolute atomic E-state index is 11.1. The van der Waals surface area contributed by atoms with Crippen molar-refractivity contribution >= 4 is 5.91 Å². The summed E-state index contributed by atoms with van der Waals surface area (Å²) < 4.78 is 5.89. The van der Waals surface area contributed by atoms with Crippen LogP contribution in [0.5, 0.6) is 11.5 Å². The quantitative estimate of drug-likeness (QED) is 0.677. The van der Waals surface area contributed by atoms with Gasteiger partial charge in [0.05, 0.1) is 0 Å². The summed E-state index contributed by atoms with van der Waals surface area (Å²) in [6.45, 7) is 0.494. The molecule has 0 unspecified atom stereocenters. The van der Waals surface area contributed by atoms with Crippen LogP contribution in [0.25, 0.3) is 11.1 Å². The minimum atomic E-state index is -0.362. The van der Waals surface area contributed by atoms with Crippen LogP contribution in [0.4, 0.5) is 0 Å². The van der Waals surface area contributed by atoms with E-state index in [2.05, 4.69) is 0 Å². The van der Waals surface area contributed by atoms with Crippen LogP contribution in [0.3, 0.4) is 0 Å². The third-order valence-electron chi connectivity index (χ3n) is 4.12. The number of aryl methyl sites for hydroxylation is 1. The zero-order chi connectivity index (χ0) is 18.4. The molecule has 0 saturated carbocycles. The Labute approximate surface area is 152 Å². The Hall–Kier alpha value is -3.27. The van der Waals surface area contributed by atoms with Crippen molar-refractivity contribution < 1.29 is 14.6 Å². The predicted octanol–water partition coefficient (Wildman–Crippen LogP) is 4.06. The van der Waals surface area contributed by atoms with Crippen LogP contribution in [0.15, 0.2) is 72.8 Å². The Balaban J connectivity index is 1.82. The van der Waals surface area contributed by atoms with Crippen LogP contribution in [0, 0.1) is 0 Å². The molecule has 4 nitrogen and oxygen atoms in total. The van der Waals surface area contributed by atoms with Gasteiger partial charge in [-0.05, 0) is 52.9 Å². The second-order valence-corrected chi connectivity index (χ2v) is 6.11. The number of hydrogen-bond donors (Lipinski definition) is 2. The molecular formula is C22H21NO3. The molecule has 0 aliphatic rings. The summed E-state index contributed by atoms with van der Waals surface area (Å²) in [4.78, 5) is 11.1. The molecule has 3 N–H and O–H groups in total. The van der Waals surface area contributed by atoms with Crippen LogP contribution in [0.2, 0.25) is 0 Å². The van der Waals surface area contributed by atoms with Crippen molar-refractivity contribution in [2.45, 2.75) is 19.4 Å². The highest BCUT2D eigenvalue weighted by atomic mass is 16.5. The fourth-order valence-corrected chi connectivity index (χ4v) is 2.82. The number of nitrogens with two attached hydrogens (primary N) is 1. The molecule has 3 aromatic carbocycles. The summed E-state index contributed by atoms with van der Waals surface area (Å²) in [5.74, 6) is 0.573. The van der Waals surface area contributed by atoms with E-state index in [4.69, 9.17) is 10.5 Å². The lowest BCUT2D eigenvalue weighted by Crippen LogP contribution is -2.11. The van der Waals surface area contributed by atoms with E-state index in [-0.39, 0.29) is 18.1 Å². The first-order chi connectivity index (χ1) is 12.6. The van der Waals surface area contributed by atoms with E-state index in [9.17, 15) is 9.90 Å². The Morgan fingerprint density at radius 1 is 0.962 bits per heavy atom. The standard InChI is InChI=1S/C22H21NO3/c23-22(25)12-9-18-13-19(24)10-11-21(18)17-7-4-8-20(14-17)26-15-16-5-2-1-3-6-16/h1-8,10-11,13-14,24H,9,12,15H2,(H2,23,25). The van der Waals surface area contributed by atoms with Crippen LogP contribution in [-0.4, -0.2) is 11.0 Å². The van der Waals surface area contributed by atoms with Crippen molar-refractivity contribution in [2.75, 3.05) is 0 Å². The molecule has 0 aromatic heterocycles. The minimum Gasteiger partial charge on any atom is -0.508 e. The van der Waals surface area contributed by atoms with E-state index in [0.717, 1.165) is 28.0 Å². The second kappa shape index (κ2) is 8.21. The number of ether oxygens (including phenoxy) is 1. The average Bonchev–Trinajstić information content (AvgIpc) is 2.66. The van der Waals surface area contributed by atoms with E-state index in [1.807, 2.05) is 60.7 Å². The zero-order valence-electron chi connectivity index (χ0n) is 14.4. The fourth-order valence-electron chi connectivity index (χ4n) is 2.82. The molecular weight excluding hydrogens is 326 g/mol. The minimum absolute atomic E-state index is 0.171. The van der Waals surface area contributed by atoms with Gasteiger partial charge < -0.3 is 15.6 Å². The van der Waals surface area contributed by atoms with Crippen molar-refractivity contribution in [3.8, 4) is 22.6 Å². The molecule has 0 fully saturated rings. The summed E-state index contributed by atoms with van der Waals surface area (Å²) >= 11 is 0. The topological polar surface area (TPSA) is 72.6 Å². The number of hydrogen-bond acceptors (Lipinski definition) is 3. The molecule has 3 aromatic rings. The SMILES string of the molecule is NC(=O)CCc1cc(O)ccc1-c1cccc(OCc2ccccc2)c1. The van der Waals surface area contributed by atoms with Crippen LogP contribution in [-0.2, 0) is 17.8 Å². The fraction of sp³-hybridized carbons (Fsp3) is 0.136. The van der Waals surface area contributed by atoms with Crippen molar-refractivity contribution in [1.29, 1.82) is 0 Å². The molecule has 0 aliphatic carbocycles. The van der Waals surface area contributed by atoms with Gasteiger partial charge in [0.15, 0.2) is 0 Å². The Kier molecular flexibility index (Phi) is 5.54. The van der Waals surface area contributed by atoms with Crippen LogP contribution >= 0.6 is 0 Å². The molecule has 0 bridgehead atoms. The Morgan fingerprint density at radius 3 is 2.54 bits per heavy atom. The number of amides is 1. The molecule has 1 amide bonds. The van der Waals surface area contributed by atoms with Gasteiger partial charge in [-0.15, -0.1) is 0 Å². The van der Waals surface area contributed by atoms with Gasteiger partial charge in [0, 0.05) is 6.42 Å². The lowest BCUT2D eigenvalue weighted by atomic mass is 9.96. The Bertz CT molecular complexity index is 891. The number of primary amides is 1. The maximum Gasteiger partial charge on any atom is 0.217 e. The predicted molar refractivity (Wildman–Crippen MR) is 102 cm³/mol. The number of carbonyl (C=O) groups is 1. The van der Waals surface area contributed by atoms with E-state index >= 15 is 0 Å². The molecule has 0 atom stereocenters. The largest absolute Gasteiger partial charge is 0.508 e. The number of benzene rings is 3. The molecule has 0 radical (unpaired) electrons. The van der Waals surface area contributed by atoms with Gasteiger partial charge in [0.25, 0.3) is 0 Å². The smallest absolute Gasteiger partial charge is 0.217 e. The number of aromatic hydroxyl groups is 1. The van der Waals surface area contributed by atoms with Gasteiger partial charge in [-0.2, -0.15) is 0 Å². The molecule has 0 heterocycles. The number of phenols is 1. The van der Waals surface area contributed by atoms with Crippen molar-refractivity contribution in [3.63, 3.8) is 0 Å². The number of rotatable bonds is 7. The molecule has 0 saturated heterocycles. The third kappa shape index (κ3) is 4.63.